The second-order valence-electron chi connectivity index (χ2n) is 18.3. The molecule has 1 N–H and O–H groups in total. The number of nitrogens with zero attached hydrogens (tertiary/aromatic N) is 1. The smallest absolute Gasteiger partial charge is 0.407 e. The number of carbonyl (C=O) groups excluding carboxylic acids is 4. The summed E-state index contributed by atoms with van der Waals surface area (Å²) in [6.45, 7) is 7.42. The van der Waals surface area contributed by atoms with Crippen LogP contribution in [0, 0.1) is 0 Å². The van der Waals surface area contributed by atoms with Gasteiger partial charge in [-0.05, 0) is 110 Å². The predicted molar refractivity (Wildman–Crippen MR) is 275 cm³/mol. The lowest BCUT2D eigenvalue weighted by atomic mass is 10.0. The van der Waals surface area contributed by atoms with Crippen molar-refractivity contribution in [1.29, 1.82) is 0 Å². The quantitative estimate of drug-likeness (QED) is 0.0275. The van der Waals surface area contributed by atoms with E-state index in [1.54, 1.807) is 0 Å². The highest BCUT2D eigenvalue weighted by Crippen LogP contribution is 2.17. The van der Waals surface area contributed by atoms with E-state index < -0.39 is 24.3 Å². The topological polar surface area (TPSA) is 120 Å². The van der Waals surface area contributed by atoms with Gasteiger partial charge in [0.1, 0.15) is 19.3 Å². The molecule has 10 heteroatoms. The fourth-order valence-electron chi connectivity index (χ4n) is 7.31. The summed E-state index contributed by atoms with van der Waals surface area (Å²) in [6.07, 6.45) is 48.6. The van der Waals surface area contributed by atoms with E-state index in [1.807, 2.05) is 19.0 Å². The average Bonchev–Trinajstić information content (AvgIpc) is 3.29. The minimum Gasteiger partial charge on any atom is -0.462 e. The van der Waals surface area contributed by atoms with Gasteiger partial charge in [-0.1, -0.05) is 166 Å². The lowest BCUT2D eigenvalue weighted by Crippen LogP contribution is -2.34. The van der Waals surface area contributed by atoms with Crippen LogP contribution in [0.4, 0.5) is 4.79 Å². The maximum absolute atomic E-state index is 13.2. The van der Waals surface area contributed by atoms with Crippen molar-refractivity contribution in [2.75, 3.05) is 40.4 Å². The molecule has 0 spiro atoms. The molecule has 0 fully saturated rings. The van der Waals surface area contributed by atoms with Gasteiger partial charge in [0.05, 0.1) is 0 Å². The minimum absolute atomic E-state index is 0.0157. The second kappa shape index (κ2) is 49.5. The van der Waals surface area contributed by atoms with Crippen LogP contribution in [-0.2, 0) is 33.3 Å². The van der Waals surface area contributed by atoms with Gasteiger partial charge in [-0.3, -0.25) is 14.4 Å². The molecule has 1 amide bonds. The van der Waals surface area contributed by atoms with E-state index in [4.69, 9.17) is 18.9 Å². The zero-order valence-electron chi connectivity index (χ0n) is 43.1. The van der Waals surface area contributed by atoms with Crippen molar-refractivity contribution in [2.45, 2.75) is 245 Å². The third-order valence-electron chi connectivity index (χ3n) is 11.5. The Morgan fingerprint density at radius 1 is 0.439 bits per heavy atom. The molecule has 382 valence electrons. The molecule has 0 aliphatic heterocycles. The number of carbonyl (C=O) groups is 4. The Bertz CT molecular complexity index is 1200. The Balaban J connectivity index is 4.95. The summed E-state index contributed by atoms with van der Waals surface area (Å²) < 4.78 is 22.6. The van der Waals surface area contributed by atoms with Gasteiger partial charge in [-0.25, -0.2) is 4.79 Å². The first-order chi connectivity index (χ1) is 32.2. The van der Waals surface area contributed by atoms with Gasteiger partial charge in [-0.15, -0.1) is 0 Å². The summed E-state index contributed by atoms with van der Waals surface area (Å²) in [6, 6.07) is 0. The van der Waals surface area contributed by atoms with Crippen LogP contribution in [0.3, 0.4) is 0 Å². The van der Waals surface area contributed by atoms with Gasteiger partial charge in [0.2, 0.25) is 0 Å². The zero-order chi connectivity index (χ0) is 48.4. The van der Waals surface area contributed by atoms with E-state index in [9.17, 15) is 19.2 Å². The molecule has 0 aromatic carbocycles. The Labute approximate surface area is 404 Å². The van der Waals surface area contributed by atoms with Crippen LogP contribution in [0.25, 0.3) is 0 Å². The third-order valence-corrected chi connectivity index (χ3v) is 11.5. The largest absolute Gasteiger partial charge is 0.462 e. The van der Waals surface area contributed by atoms with E-state index >= 15 is 0 Å². The van der Waals surface area contributed by atoms with Crippen LogP contribution in [0.15, 0.2) is 48.6 Å². The number of alkyl carbamates (subject to hydrolysis) is 1. The average molecular weight is 929 g/mol. The van der Waals surface area contributed by atoms with Gasteiger partial charge < -0.3 is 29.2 Å². The maximum atomic E-state index is 13.2. The van der Waals surface area contributed by atoms with Crippen molar-refractivity contribution in [3.8, 4) is 0 Å². The molecule has 0 rings (SSSR count). The first-order valence-corrected chi connectivity index (χ1v) is 26.9. The molecule has 1 atom stereocenters. The number of likely N-dealkylation sites (N-methyl/N-ethyl adjacent to an activating group) is 1. The molecule has 0 aliphatic carbocycles. The molecule has 0 aliphatic rings. The molecule has 0 heterocycles. The Morgan fingerprint density at radius 3 is 1.32 bits per heavy atom. The van der Waals surface area contributed by atoms with Crippen molar-refractivity contribution in [2.24, 2.45) is 0 Å². The summed E-state index contributed by atoms with van der Waals surface area (Å²) >= 11 is 0. The van der Waals surface area contributed by atoms with E-state index in [0.29, 0.717) is 25.9 Å². The Hall–Kier alpha value is -3.40. The molecule has 0 bridgehead atoms. The lowest BCUT2D eigenvalue weighted by Gasteiger charge is -2.21. The van der Waals surface area contributed by atoms with Crippen LogP contribution in [0.1, 0.15) is 233 Å². The van der Waals surface area contributed by atoms with Crippen molar-refractivity contribution in [1.82, 2.24) is 10.2 Å². The van der Waals surface area contributed by atoms with Crippen molar-refractivity contribution < 1.29 is 38.1 Å². The molecule has 66 heavy (non-hydrogen) atoms. The number of amides is 1. The van der Waals surface area contributed by atoms with Gasteiger partial charge in [0.15, 0.2) is 6.10 Å². The molecular formula is C56H100N2O8. The number of nitrogens with one attached hydrogen (secondary N) is 1. The predicted octanol–water partition coefficient (Wildman–Crippen LogP) is 14.8. The number of unbranched alkanes of at least 4 members (excludes halogenated alkanes) is 21. The van der Waals surface area contributed by atoms with Crippen LogP contribution >= 0.6 is 0 Å². The molecule has 0 radical (unpaired) electrons. The summed E-state index contributed by atoms with van der Waals surface area (Å²) in [5.74, 6) is -1.23. The van der Waals surface area contributed by atoms with Crippen molar-refractivity contribution >= 4 is 24.0 Å². The first kappa shape index (κ1) is 62.6. The molecule has 10 nitrogen and oxygen atoms in total. The summed E-state index contributed by atoms with van der Waals surface area (Å²) in [5, 5.41) is 2.80. The molecule has 0 aromatic rings. The van der Waals surface area contributed by atoms with E-state index in [1.165, 1.54) is 70.6 Å². The molecule has 0 aromatic heterocycles. The van der Waals surface area contributed by atoms with Crippen LogP contribution < -0.4 is 5.32 Å². The van der Waals surface area contributed by atoms with E-state index in [-0.39, 0.29) is 44.4 Å². The SMILES string of the molecule is CCCCC/C=C\C/C=C\CCCCCCCC(=O)OCC(COC(=O)CCCCCCC/C=C\C/C=C\CCCCC)OC(=O)CCC(CCCCCCCC)OC(=O)NCCN(C)C. The van der Waals surface area contributed by atoms with E-state index in [2.05, 4.69) is 74.7 Å². The second-order valence-corrected chi connectivity index (χ2v) is 18.3. The monoisotopic (exact) mass is 929 g/mol. The maximum Gasteiger partial charge on any atom is 0.407 e. The van der Waals surface area contributed by atoms with Crippen LogP contribution in [0.5, 0.6) is 0 Å². The number of esters is 3. The summed E-state index contributed by atoms with van der Waals surface area (Å²) in [7, 11) is 3.87. The Kier molecular flexibility index (Phi) is 47.0. The Morgan fingerprint density at radius 2 is 0.848 bits per heavy atom. The van der Waals surface area contributed by atoms with E-state index in [0.717, 1.165) is 109 Å². The lowest BCUT2D eigenvalue weighted by molar-refractivity contribution is -0.167. The fraction of sp³-hybridized carbons (Fsp3) is 0.786. The van der Waals surface area contributed by atoms with Gasteiger partial charge >= 0.3 is 24.0 Å². The number of allylic oxidation sites excluding steroid dienone is 8. The zero-order valence-corrected chi connectivity index (χ0v) is 43.1. The number of hydrogen-bond acceptors (Lipinski definition) is 9. The molecule has 0 saturated heterocycles. The standard InChI is InChI=1S/C56H100N2O8/c1-6-9-12-15-18-20-22-24-26-28-30-32-34-37-40-43-53(59)63-49-52(50-64-54(60)44-41-38-35-33-31-29-27-25-23-21-19-16-13-10-7-2)65-55(61)46-45-51(42-39-36-17-14-11-8-3)66-56(62)57-47-48-58(4)5/h18-21,24-27,51-52H,6-17,22-23,28-50H2,1-5H3,(H,57,62)/b20-18-,21-19-,26-24-,27-25-. The summed E-state index contributed by atoms with van der Waals surface area (Å²) in [4.78, 5) is 53.3. The normalized spacial score (nSPS) is 12.3. The number of hydrogen-bond donors (Lipinski definition) is 1. The number of ether oxygens (including phenoxy) is 4. The van der Waals surface area contributed by atoms with Crippen molar-refractivity contribution in [3.05, 3.63) is 48.6 Å². The first-order valence-electron chi connectivity index (χ1n) is 26.9. The highest BCUT2D eigenvalue weighted by Gasteiger charge is 2.22. The van der Waals surface area contributed by atoms with Crippen LogP contribution in [-0.4, -0.2) is 81.5 Å². The number of rotatable bonds is 47. The van der Waals surface area contributed by atoms with Gasteiger partial charge in [-0.2, -0.15) is 0 Å². The van der Waals surface area contributed by atoms with Crippen molar-refractivity contribution in [3.63, 3.8) is 0 Å². The fourth-order valence-corrected chi connectivity index (χ4v) is 7.31. The molecule has 1 unspecified atom stereocenters. The molecular weight excluding hydrogens is 829 g/mol. The minimum atomic E-state index is -0.924. The van der Waals surface area contributed by atoms with Gasteiger partial charge in [0.25, 0.3) is 0 Å². The highest BCUT2D eigenvalue weighted by molar-refractivity contribution is 5.71. The summed E-state index contributed by atoms with van der Waals surface area (Å²) in [5.41, 5.74) is 0. The molecule has 0 saturated carbocycles. The van der Waals surface area contributed by atoms with Crippen LogP contribution in [0.2, 0.25) is 0 Å². The third kappa shape index (κ3) is 47.1. The highest BCUT2D eigenvalue weighted by atomic mass is 16.6. The van der Waals surface area contributed by atoms with Gasteiger partial charge in [0, 0.05) is 32.4 Å².